The zero-order valence-electron chi connectivity index (χ0n) is 7.06. The molecule has 0 aliphatic heterocycles. The molecule has 0 bridgehead atoms. The Morgan fingerprint density at radius 1 is 1.09 bits per heavy atom. The van der Waals surface area contributed by atoms with Gasteiger partial charge in [0.25, 0.3) is 0 Å². The Bertz CT molecular complexity index is 245. The number of benzene rings is 1. The molecular formula is C9H11OZr. The number of rotatable bonds is 1. The van der Waals surface area contributed by atoms with Crippen LogP contribution in [-0.4, -0.2) is 0 Å². The van der Waals surface area contributed by atoms with Crippen molar-refractivity contribution in [1.82, 2.24) is 0 Å². The number of hydrogen-bond donors (Lipinski definition) is 0. The molecule has 0 radical (unpaired) electrons. The van der Waals surface area contributed by atoms with Crippen LogP contribution >= 0.6 is 0 Å². The molecule has 1 rings (SSSR count). The molecule has 0 saturated carbocycles. The van der Waals surface area contributed by atoms with Crippen molar-refractivity contribution in [1.29, 1.82) is 0 Å². The predicted octanol–water partition coefficient (Wildman–Crippen LogP) is 2.45. The van der Waals surface area contributed by atoms with Crippen molar-refractivity contribution in [3.8, 4) is 5.75 Å². The minimum atomic E-state index is 1.05. The summed E-state index contributed by atoms with van der Waals surface area (Å²) in [5.74, 6) is 1.05. The monoisotopic (exact) mass is 225 g/mol. The van der Waals surface area contributed by atoms with Crippen LogP contribution in [0.3, 0.4) is 0 Å². The first-order valence-corrected chi connectivity index (χ1v) is 4.57. The van der Waals surface area contributed by atoms with E-state index < -0.39 is 0 Å². The Balaban J connectivity index is 3.25. The third kappa shape index (κ3) is 1.93. The third-order valence-corrected chi connectivity index (χ3v) is 2.21. The van der Waals surface area contributed by atoms with Gasteiger partial charge in [-0.15, -0.1) is 0 Å². The van der Waals surface area contributed by atoms with Crippen LogP contribution in [0.25, 0.3) is 0 Å². The summed E-state index contributed by atoms with van der Waals surface area (Å²) in [5, 5.41) is 0. The van der Waals surface area contributed by atoms with Gasteiger partial charge in [0.2, 0.25) is 0 Å². The molecule has 0 aliphatic rings. The standard InChI is InChI=1S/C9H12O.Zr/c1-6-4-7(2)9(10)8(3)5-6;/h4-5,10H,1-3H3;/q;+1/p-1. The van der Waals surface area contributed by atoms with Crippen LogP contribution < -0.4 is 2.81 Å². The molecular weight excluding hydrogens is 215 g/mol. The Hall–Kier alpha value is -0.0969. The quantitative estimate of drug-likeness (QED) is 0.715. The van der Waals surface area contributed by atoms with Gasteiger partial charge in [0.05, 0.1) is 0 Å². The summed E-state index contributed by atoms with van der Waals surface area (Å²) in [6, 6.07) is 4.29. The van der Waals surface area contributed by atoms with Crippen LogP contribution in [0, 0.1) is 20.8 Å². The van der Waals surface area contributed by atoms with Crippen LogP contribution in [0.15, 0.2) is 12.1 Å². The van der Waals surface area contributed by atoms with Crippen LogP contribution in [0.1, 0.15) is 16.7 Å². The van der Waals surface area contributed by atoms with Gasteiger partial charge >= 0.3 is 83.3 Å². The van der Waals surface area contributed by atoms with Crippen molar-refractivity contribution in [2.24, 2.45) is 0 Å². The van der Waals surface area contributed by atoms with Crippen molar-refractivity contribution >= 4 is 0 Å². The molecule has 0 fully saturated rings. The summed E-state index contributed by atoms with van der Waals surface area (Å²) in [4.78, 5) is 0. The van der Waals surface area contributed by atoms with E-state index in [0.29, 0.717) is 0 Å². The summed E-state index contributed by atoms with van der Waals surface area (Å²) in [7, 11) is 0. The van der Waals surface area contributed by atoms with Gasteiger partial charge in [0.1, 0.15) is 0 Å². The van der Waals surface area contributed by atoms with Gasteiger partial charge < -0.3 is 0 Å². The van der Waals surface area contributed by atoms with E-state index in [0.717, 1.165) is 30.9 Å². The van der Waals surface area contributed by atoms with E-state index in [1.807, 2.05) is 0 Å². The number of hydrogen-bond acceptors (Lipinski definition) is 1. The van der Waals surface area contributed by atoms with E-state index in [-0.39, 0.29) is 0 Å². The van der Waals surface area contributed by atoms with Gasteiger partial charge in [-0.25, -0.2) is 0 Å². The molecule has 0 aromatic heterocycles. The summed E-state index contributed by atoms with van der Waals surface area (Å²) in [5.41, 5.74) is 3.77. The average molecular weight is 226 g/mol. The first kappa shape index (κ1) is 8.99. The Morgan fingerprint density at radius 3 is 1.91 bits per heavy atom. The molecule has 0 saturated heterocycles. The molecule has 0 aliphatic carbocycles. The molecule has 0 spiro atoms. The first-order chi connectivity index (χ1) is 5.15. The summed E-state index contributed by atoms with van der Waals surface area (Å²) in [6.45, 7) is 6.27. The van der Waals surface area contributed by atoms with Crippen molar-refractivity contribution in [3.05, 3.63) is 28.8 Å². The number of aryl methyl sites for hydroxylation is 3. The fourth-order valence-corrected chi connectivity index (χ4v) is 2.12. The van der Waals surface area contributed by atoms with Crippen molar-refractivity contribution in [2.75, 3.05) is 0 Å². The molecule has 0 heterocycles. The van der Waals surface area contributed by atoms with E-state index in [2.05, 4.69) is 32.9 Å². The Kier molecular flexibility index (Phi) is 2.89. The van der Waals surface area contributed by atoms with Gasteiger partial charge in [-0.1, -0.05) is 0 Å². The fraction of sp³-hybridized carbons (Fsp3) is 0.333. The van der Waals surface area contributed by atoms with Crippen molar-refractivity contribution in [3.63, 3.8) is 0 Å². The Labute approximate surface area is 83.2 Å². The zero-order chi connectivity index (χ0) is 8.43. The molecule has 0 amide bonds. The normalized spacial score (nSPS) is 9.64. The molecule has 11 heavy (non-hydrogen) atoms. The van der Waals surface area contributed by atoms with E-state index in [1.54, 1.807) is 0 Å². The second-order valence-electron chi connectivity index (χ2n) is 2.83. The van der Waals surface area contributed by atoms with Gasteiger partial charge in [0.15, 0.2) is 0 Å². The van der Waals surface area contributed by atoms with Gasteiger partial charge in [0, 0.05) is 0 Å². The van der Waals surface area contributed by atoms with E-state index >= 15 is 0 Å². The van der Waals surface area contributed by atoms with Crippen molar-refractivity contribution < 1.29 is 28.0 Å². The molecule has 1 aromatic rings. The van der Waals surface area contributed by atoms with Crippen LogP contribution in [0.4, 0.5) is 0 Å². The van der Waals surface area contributed by atoms with Crippen LogP contribution in [-0.2, 0) is 25.2 Å². The van der Waals surface area contributed by atoms with Crippen LogP contribution in [0.2, 0.25) is 0 Å². The van der Waals surface area contributed by atoms with Gasteiger partial charge in [-0.05, 0) is 0 Å². The first-order valence-electron chi connectivity index (χ1n) is 3.56. The molecule has 57 valence electrons. The molecule has 1 nitrogen and oxygen atoms in total. The van der Waals surface area contributed by atoms with Crippen LogP contribution in [0.5, 0.6) is 5.75 Å². The second kappa shape index (κ2) is 3.53. The topological polar surface area (TPSA) is 9.23 Å². The molecule has 0 unspecified atom stereocenters. The van der Waals surface area contributed by atoms with Gasteiger partial charge in [-0.3, -0.25) is 0 Å². The fourth-order valence-electron chi connectivity index (χ4n) is 1.33. The van der Waals surface area contributed by atoms with E-state index in [1.165, 1.54) is 16.7 Å². The molecule has 2 heteroatoms. The maximum absolute atomic E-state index is 5.32. The molecule has 1 aromatic carbocycles. The second-order valence-corrected chi connectivity index (χ2v) is 3.33. The summed E-state index contributed by atoms with van der Waals surface area (Å²) in [6.07, 6.45) is 0. The SMILES string of the molecule is Cc1cc(C)c([O][Zr])c(C)c1. The predicted molar refractivity (Wildman–Crippen MR) is 41.3 cm³/mol. The summed E-state index contributed by atoms with van der Waals surface area (Å²) < 4.78 is 5.32. The summed E-state index contributed by atoms with van der Waals surface area (Å²) >= 11 is 1.10. The molecule has 0 atom stereocenters. The Morgan fingerprint density at radius 2 is 1.55 bits per heavy atom. The van der Waals surface area contributed by atoms with E-state index in [4.69, 9.17) is 2.81 Å². The maximum atomic E-state index is 5.32. The van der Waals surface area contributed by atoms with Gasteiger partial charge in [-0.2, -0.15) is 0 Å². The molecule has 0 N–H and O–H groups in total. The minimum absolute atomic E-state index is 1.05. The average Bonchev–Trinajstić information content (AvgIpc) is 1.85. The van der Waals surface area contributed by atoms with E-state index in [9.17, 15) is 0 Å². The third-order valence-electron chi connectivity index (χ3n) is 1.71. The zero-order valence-corrected chi connectivity index (χ0v) is 9.52. The van der Waals surface area contributed by atoms with Crippen molar-refractivity contribution in [2.45, 2.75) is 20.8 Å².